The maximum atomic E-state index is 15.2. The van der Waals surface area contributed by atoms with Gasteiger partial charge in [-0.25, -0.2) is 4.39 Å². The summed E-state index contributed by atoms with van der Waals surface area (Å²) < 4.78 is 15.2. The maximum absolute atomic E-state index is 15.2. The van der Waals surface area contributed by atoms with Crippen LogP contribution in [0.25, 0.3) is 0 Å². The quantitative estimate of drug-likeness (QED) is 0.542. The van der Waals surface area contributed by atoms with Crippen molar-refractivity contribution in [3.63, 3.8) is 0 Å². The zero-order valence-corrected chi connectivity index (χ0v) is 16.0. The van der Waals surface area contributed by atoms with E-state index in [2.05, 4.69) is 0 Å². The van der Waals surface area contributed by atoms with E-state index >= 15 is 4.39 Å². The van der Waals surface area contributed by atoms with Crippen LogP contribution >= 0.6 is 0 Å². The van der Waals surface area contributed by atoms with Crippen molar-refractivity contribution in [3.8, 4) is 0 Å². The highest BCUT2D eigenvalue weighted by molar-refractivity contribution is 6.01. The molecule has 0 amide bonds. The molecule has 0 bridgehead atoms. The van der Waals surface area contributed by atoms with Crippen molar-refractivity contribution in [2.75, 3.05) is 6.61 Å². The van der Waals surface area contributed by atoms with E-state index in [0.29, 0.717) is 5.57 Å². The van der Waals surface area contributed by atoms with Crippen molar-refractivity contribution in [2.45, 2.75) is 57.1 Å². The Bertz CT molecular complexity index is 792. The third kappa shape index (κ3) is 2.22. The molecule has 0 heterocycles. The molecule has 4 rings (SSSR count). The van der Waals surface area contributed by atoms with Crippen LogP contribution in [0.4, 0.5) is 4.39 Å². The average molecular weight is 394 g/mol. The van der Waals surface area contributed by atoms with Crippen molar-refractivity contribution in [2.24, 2.45) is 28.6 Å². The lowest BCUT2D eigenvalue weighted by molar-refractivity contribution is -0.192. The summed E-state index contributed by atoms with van der Waals surface area (Å²) >= 11 is 0. The Hall–Kier alpha value is -1.41. The SMILES string of the molecule is C[C@]12C=CC(=O)C=C1[C@@H](F)CC1C2C(O)C[C@@]2(C)C1C[C@@H](O)[C@]2(O)C(=O)CO. The van der Waals surface area contributed by atoms with Crippen molar-refractivity contribution >= 4 is 11.6 Å². The van der Waals surface area contributed by atoms with Gasteiger partial charge < -0.3 is 20.4 Å². The number of rotatable bonds is 2. The zero-order chi connectivity index (χ0) is 20.6. The molecule has 0 aliphatic heterocycles. The lowest BCUT2D eigenvalue weighted by Gasteiger charge is -2.59. The molecule has 0 aromatic carbocycles. The number of hydrogen-bond donors (Lipinski definition) is 4. The zero-order valence-electron chi connectivity index (χ0n) is 16.0. The van der Waals surface area contributed by atoms with Gasteiger partial charge in [0.05, 0.1) is 12.2 Å². The minimum Gasteiger partial charge on any atom is -0.393 e. The number of carbonyl (C=O) groups excluding carboxylic acids is 2. The highest BCUT2D eigenvalue weighted by Gasteiger charge is 2.72. The third-order valence-electron chi connectivity index (χ3n) is 8.27. The molecular weight excluding hydrogens is 367 g/mol. The van der Waals surface area contributed by atoms with E-state index in [9.17, 15) is 30.0 Å². The number of hydrogen-bond acceptors (Lipinski definition) is 6. The molecule has 0 saturated heterocycles. The monoisotopic (exact) mass is 394 g/mol. The summed E-state index contributed by atoms with van der Waals surface area (Å²) in [5.74, 6) is -2.34. The molecule has 0 aromatic rings. The first-order chi connectivity index (χ1) is 13.0. The van der Waals surface area contributed by atoms with Crippen LogP contribution in [0.5, 0.6) is 0 Å². The van der Waals surface area contributed by atoms with Gasteiger partial charge in [-0.3, -0.25) is 9.59 Å². The fourth-order valence-corrected chi connectivity index (χ4v) is 6.97. The lowest BCUT2D eigenvalue weighted by Crippen LogP contribution is -2.64. The topological polar surface area (TPSA) is 115 Å². The molecule has 0 radical (unpaired) electrons. The summed E-state index contributed by atoms with van der Waals surface area (Å²) in [5, 5.41) is 42.2. The summed E-state index contributed by atoms with van der Waals surface area (Å²) in [5.41, 5.74) is -3.84. The molecule has 0 spiro atoms. The standard InChI is InChI=1S/C21H27FO6/c1-19-4-3-10(24)5-13(19)14(22)6-11-12-7-16(26)21(28,17(27)9-23)20(12,2)8-15(25)18(11)19/h3-5,11-12,14-16,18,23,25-26,28H,6-9H2,1-2H3/t11?,12?,14-,15?,16+,18?,19-,20-,21-/m0/s1. The van der Waals surface area contributed by atoms with Crippen LogP contribution in [0.15, 0.2) is 23.8 Å². The number of Topliss-reactive ketones (excluding diaryl/α,β-unsaturated/α-hetero) is 1. The summed E-state index contributed by atoms with van der Waals surface area (Å²) in [7, 11) is 0. The number of aliphatic hydroxyl groups excluding tert-OH is 3. The van der Waals surface area contributed by atoms with Crippen LogP contribution in [-0.4, -0.2) is 62.6 Å². The van der Waals surface area contributed by atoms with Crippen LogP contribution in [0.2, 0.25) is 0 Å². The average Bonchev–Trinajstić information content (AvgIpc) is 2.83. The van der Waals surface area contributed by atoms with E-state index in [1.54, 1.807) is 13.0 Å². The number of carbonyl (C=O) groups is 2. The van der Waals surface area contributed by atoms with E-state index in [0.717, 1.165) is 0 Å². The lowest BCUT2D eigenvalue weighted by atomic mass is 9.46. The predicted octanol–water partition coefficient (Wildman–Crippen LogP) is 0.476. The Morgan fingerprint density at radius 3 is 2.61 bits per heavy atom. The van der Waals surface area contributed by atoms with Gasteiger partial charge in [-0.15, -0.1) is 0 Å². The van der Waals surface area contributed by atoms with Crippen molar-refractivity contribution in [1.82, 2.24) is 0 Å². The molecule has 6 nitrogen and oxygen atoms in total. The van der Waals surface area contributed by atoms with E-state index in [1.165, 1.54) is 12.2 Å². The Morgan fingerprint density at radius 1 is 1.29 bits per heavy atom. The molecule has 3 saturated carbocycles. The molecule has 4 N–H and O–H groups in total. The van der Waals surface area contributed by atoms with E-state index < -0.39 is 59.0 Å². The first kappa shape index (κ1) is 19.9. The fourth-order valence-electron chi connectivity index (χ4n) is 6.97. The molecule has 4 aliphatic rings. The van der Waals surface area contributed by atoms with Crippen LogP contribution in [0.3, 0.4) is 0 Å². The summed E-state index contributed by atoms with van der Waals surface area (Å²) in [6.07, 6.45) is 0.834. The molecule has 3 fully saturated rings. The van der Waals surface area contributed by atoms with Gasteiger partial charge in [0.25, 0.3) is 0 Å². The van der Waals surface area contributed by atoms with Crippen molar-refractivity contribution in [3.05, 3.63) is 23.8 Å². The van der Waals surface area contributed by atoms with Crippen molar-refractivity contribution in [1.29, 1.82) is 0 Å². The Morgan fingerprint density at radius 2 is 1.96 bits per heavy atom. The van der Waals surface area contributed by atoms with Gasteiger partial charge in [0.15, 0.2) is 17.2 Å². The van der Waals surface area contributed by atoms with Crippen LogP contribution in [-0.2, 0) is 9.59 Å². The highest BCUT2D eigenvalue weighted by atomic mass is 19.1. The molecule has 7 heteroatoms. The Kier molecular flexibility index (Phi) is 4.29. The number of fused-ring (bicyclic) bond motifs is 5. The van der Waals surface area contributed by atoms with Gasteiger partial charge in [0.2, 0.25) is 0 Å². The molecule has 0 aromatic heterocycles. The predicted molar refractivity (Wildman–Crippen MR) is 96.7 cm³/mol. The second kappa shape index (κ2) is 6.05. The summed E-state index contributed by atoms with van der Waals surface area (Å²) in [6, 6.07) is 0. The third-order valence-corrected chi connectivity index (χ3v) is 8.27. The van der Waals surface area contributed by atoms with E-state index in [4.69, 9.17) is 0 Å². The van der Waals surface area contributed by atoms with Gasteiger partial charge in [0.1, 0.15) is 12.8 Å². The molecule has 9 atom stereocenters. The van der Waals surface area contributed by atoms with Crippen LogP contribution in [0, 0.1) is 28.6 Å². The first-order valence-corrected chi connectivity index (χ1v) is 9.82. The van der Waals surface area contributed by atoms with Gasteiger partial charge in [-0.2, -0.15) is 0 Å². The normalized spacial score (nSPS) is 52.5. The second-order valence-corrected chi connectivity index (χ2v) is 9.41. The minimum atomic E-state index is -2.18. The molecule has 4 unspecified atom stereocenters. The minimum absolute atomic E-state index is 0.0414. The number of allylic oxidation sites excluding steroid dienone is 4. The summed E-state index contributed by atoms with van der Waals surface area (Å²) in [6.45, 7) is 2.54. The van der Waals surface area contributed by atoms with Crippen molar-refractivity contribution < 1.29 is 34.4 Å². The fraction of sp³-hybridized carbons (Fsp3) is 0.714. The first-order valence-electron chi connectivity index (χ1n) is 9.82. The van der Waals surface area contributed by atoms with Gasteiger partial charge >= 0.3 is 0 Å². The highest BCUT2D eigenvalue weighted by Crippen LogP contribution is 2.67. The van der Waals surface area contributed by atoms with E-state index in [-0.39, 0.29) is 31.0 Å². The van der Waals surface area contributed by atoms with Crippen LogP contribution in [0.1, 0.15) is 33.1 Å². The number of ketones is 2. The number of aliphatic hydroxyl groups is 4. The maximum Gasteiger partial charge on any atom is 0.192 e. The smallest absolute Gasteiger partial charge is 0.192 e. The number of alkyl halides is 1. The Balaban J connectivity index is 1.81. The van der Waals surface area contributed by atoms with Gasteiger partial charge in [0, 0.05) is 16.7 Å². The molecule has 28 heavy (non-hydrogen) atoms. The van der Waals surface area contributed by atoms with Gasteiger partial charge in [-0.05, 0) is 48.8 Å². The Labute approximate surface area is 162 Å². The van der Waals surface area contributed by atoms with Crippen LogP contribution < -0.4 is 0 Å². The second-order valence-electron chi connectivity index (χ2n) is 9.41. The molecule has 4 aliphatic carbocycles. The molecule has 154 valence electrons. The molecular formula is C21H27FO6. The summed E-state index contributed by atoms with van der Waals surface area (Å²) in [4.78, 5) is 24.2. The van der Waals surface area contributed by atoms with Gasteiger partial charge in [-0.1, -0.05) is 19.9 Å². The van der Waals surface area contributed by atoms with E-state index in [1.807, 2.05) is 6.92 Å². The number of halogens is 1. The largest absolute Gasteiger partial charge is 0.393 e.